The first-order valence-electron chi connectivity index (χ1n) is 14.4. The summed E-state index contributed by atoms with van der Waals surface area (Å²) in [7, 11) is -4.14. The lowest BCUT2D eigenvalue weighted by Gasteiger charge is -2.34. The van der Waals surface area contributed by atoms with Crippen LogP contribution in [0.15, 0.2) is 123 Å². The highest BCUT2D eigenvalue weighted by Gasteiger charge is 2.34. The molecule has 0 aliphatic rings. The van der Waals surface area contributed by atoms with Crippen molar-refractivity contribution in [3.05, 3.63) is 129 Å². The summed E-state index contributed by atoms with van der Waals surface area (Å²) in [6.45, 7) is 2.13. The number of amides is 2. The minimum atomic E-state index is -4.14. The summed E-state index contributed by atoms with van der Waals surface area (Å²) in [6.07, 6.45) is 1.97. The van der Waals surface area contributed by atoms with E-state index in [9.17, 15) is 18.0 Å². The van der Waals surface area contributed by atoms with Crippen LogP contribution in [0.1, 0.15) is 30.9 Å². The molecule has 0 heterocycles. The molecule has 0 saturated heterocycles. The van der Waals surface area contributed by atoms with Gasteiger partial charge in [-0.05, 0) is 66.1 Å². The Morgan fingerprint density at radius 3 is 2.07 bits per heavy atom. The summed E-state index contributed by atoms with van der Waals surface area (Å²) >= 11 is 6.91. The SMILES string of the molecule is CCCCNC(=O)[C@H](Cc1ccccc1)N(Cc1cccc(Br)c1)C(=O)CN(c1ccc(Br)cc1)S(=O)(=O)c1ccccc1. The van der Waals surface area contributed by atoms with Gasteiger partial charge >= 0.3 is 0 Å². The smallest absolute Gasteiger partial charge is 0.264 e. The Hall–Kier alpha value is -3.47. The zero-order valence-corrected chi connectivity index (χ0v) is 28.4. The fourth-order valence-electron chi connectivity index (χ4n) is 4.75. The number of anilines is 1. The first kappa shape index (κ1) is 33.4. The maximum absolute atomic E-state index is 14.4. The number of sulfonamides is 1. The Morgan fingerprint density at radius 2 is 1.43 bits per heavy atom. The van der Waals surface area contributed by atoms with Gasteiger partial charge < -0.3 is 10.2 Å². The third-order valence-corrected chi connectivity index (χ3v) is 9.88. The molecule has 7 nitrogen and oxygen atoms in total. The largest absolute Gasteiger partial charge is 0.354 e. The molecule has 4 rings (SSSR count). The molecule has 0 unspecified atom stereocenters. The van der Waals surface area contributed by atoms with Gasteiger partial charge in [0.25, 0.3) is 10.0 Å². The minimum absolute atomic E-state index is 0.0624. The van der Waals surface area contributed by atoms with Crippen LogP contribution in [0.2, 0.25) is 0 Å². The summed E-state index contributed by atoms with van der Waals surface area (Å²) in [5.41, 5.74) is 2.02. The van der Waals surface area contributed by atoms with Crippen LogP contribution < -0.4 is 9.62 Å². The maximum Gasteiger partial charge on any atom is 0.264 e. The highest BCUT2D eigenvalue weighted by atomic mass is 79.9. The number of hydrogen-bond acceptors (Lipinski definition) is 4. The molecule has 0 radical (unpaired) electrons. The second-order valence-corrected chi connectivity index (χ2v) is 14.0. The van der Waals surface area contributed by atoms with E-state index in [1.807, 2.05) is 61.5 Å². The topological polar surface area (TPSA) is 86.8 Å². The lowest BCUT2D eigenvalue weighted by Crippen LogP contribution is -2.53. The first-order valence-corrected chi connectivity index (χ1v) is 17.4. The lowest BCUT2D eigenvalue weighted by molar-refractivity contribution is -0.140. The molecule has 4 aromatic rings. The van der Waals surface area contributed by atoms with E-state index in [2.05, 4.69) is 37.2 Å². The Labute approximate surface area is 276 Å². The van der Waals surface area contributed by atoms with Gasteiger partial charge in [-0.2, -0.15) is 0 Å². The molecule has 0 spiro atoms. The third kappa shape index (κ3) is 9.03. The molecule has 0 aromatic heterocycles. The van der Waals surface area contributed by atoms with Gasteiger partial charge in [0.1, 0.15) is 12.6 Å². The number of unbranched alkanes of at least 4 members (excludes halogenated alkanes) is 1. The minimum Gasteiger partial charge on any atom is -0.354 e. The first-order chi connectivity index (χ1) is 21.2. The zero-order chi connectivity index (χ0) is 31.5. The van der Waals surface area contributed by atoms with Crippen LogP contribution in [0.5, 0.6) is 0 Å². The van der Waals surface area contributed by atoms with Crippen molar-refractivity contribution in [2.24, 2.45) is 0 Å². The van der Waals surface area contributed by atoms with Gasteiger partial charge in [0.05, 0.1) is 10.6 Å². The predicted octanol–water partition coefficient (Wildman–Crippen LogP) is 6.96. The number of carbonyl (C=O) groups excluding carboxylic acids is 2. The van der Waals surface area contributed by atoms with E-state index in [4.69, 9.17) is 0 Å². The molecule has 0 aliphatic heterocycles. The van der Waals surface area contributed by atoms with Crippen molar-refractivity contribution >= 4 is 59.4 Å². The van der Waals surface area contributed by atoms with Crippen molar-refractivity contribution in [3.8, 4) is 0 Å². The van der Waals surface area contributed by atoms with Crippen LogP contribution in [-0.2, 0) is 32.6 Å². The summed E-state index contributed by atoms with van der Waals surface area (Å²) in [4.78, 5) is 29.8. The van der Waals surface area contributed by atoms with Crippen molar-refractivity contribution in [2.45, 2.75) is 43.7 Å². The summed E-state index contributed by atoms with van der Waals surface area (Å²) < 4.78 is 30.7. The van der Waals surface area contributed by atoms with Gasteiger partial charge in [-0.1, -0.05) is 106 Å². The van der Waals surface area contributed by atoms with Gasteiger partial charge in [0.15, 0.2) is 0 Å². The molecule has 0 fully saturated rings. The molecule has 230 valence electrons. The molecule has 1 N–H and O–H groups in total. The van der Waals surface area contributed by atoms with Crippen LogP contribution in [0.4, 0.5) is 5.69 Å². The average molecular weight is 742 g/mol. The molecule has 0 aliphatic carbocycles. The number of carbonyl (C=O) groups is 2. The van der Waals surface area contributed by atoms with Crippen LogP contribution in [0.25, 0.3) is 0 Å². The van der Waals surface area contributed by atoms with Crippen molar-refractivity contribution < 1.29 is 18.0 Å². The standard InChI is InChI=1S/C34H35Br2N3O4S/c1-2-3-21-37-34(41)32(23-26-11-6-4-7-12-26)38(24-27-13-10-14-29(36)22-27)33(40)25-39(30-19-17-28(35)18-20-30)44(42,43)31-15-8-5-9-16-31/h4-20,22,32H,2-3,21,23-25H2,1H3,(H,37,41)/t32-/m0/s1. The molecular weight excluding hydrogens is 706 g/mol. The molecular formula is C34H35Br2N3O4S. The monoisotopic (exact) mass is 739 g/mol. The molecule has 0 saturated carbocycles. The second-order valence-electron chi connectivity index (χ2n) is 10.3. The fraction of sp³-hybridized carbons (Fsp3) is 0.235. The Balaban J connectivity index is 1.78. The van der Waals surface area contributed by atoms with Crippen LogP contribution in [-0.4, -0.2) is 44.3 Å². The molecule has 1 atom stereocenters. The molecule has 44 heavy (non-hydrogen) atoms. The van der Waals surface area contributed by atoms with Gasteiger partial charge in [0, 0.05) is 28.5 Å². The van der Waals surface area contributed by atoms with Crippen molar-refractivity contribution in [1.29, 1.82) is 0 Å². The molecule has 2 amide bonds. The second kappa shape index (κ2) is 16.0. The van der Waals surface area contributed by atoms with Crippen LogP contribution in [0.3, 0.4) is 0 Å². The number of benzene rings is 4. The Morgan fingerprint density at radius 1 is 0.795 bits per heavy atom. The molecule has 0 bridgehead atoms. The van der Waals surface area contributed by atoms with Gasteiger partial charge in [-0.3, -0.25) is 13.9 Å². The Kier molecular flexibility index (Phi) is 12.2. The van der Waals surface area contributed by atoms with E-state index in [0.717, 1.165) is 37.2 Å². The third-order valence-electron chi connectivity index (χ3n) is 7.07. The lowest BCUT2D eigenvalue weighted by atomic mass is 10.0. The van der Waals surface area contributed by atoms with Gasteiger partial charge in [-0.15, -0.1) is 0 Å². The maximum atomic E-state index is 14.4. The average Bonchev–Trinajstić information content (AvgIpc) is 3.03. The highest BCUT2D eigenvalue weighted by molar-refractivity contribution is 9.10. The van der Waals surface area contributed by atoms with E-state index in [1.165, 1.54) is 17.0 Å². The Bertz CT molecular complexity index is 1640. The van der Waals surface area contributed by atoms with E-state index in [1.54, 1.807) is 42.5 Å². The van der Waals surface area contributed by atoms with E-state index in [0.29, 0.717) is 12.2 Å². The number of rotatable bonds is 14. The predicted molar refractivity (Wildman–Crippen MR) is 182 cm³/mol. The quantitative estimate of drug-likeness (QED) is 0.142. The molecule has 10 heteroatoms. The number of hydrogen-bond donors (Lipinski definition) is 1. The summed E-state index contributed by atoms with van der Waals surface area (Å²) in [6, 6.07) is 30.9. The number of nitrogens with zero attached hydrogens (tertiary/aromatic N) is 2. The molecule has 4 aromatic carbocycles. The van der Waals surface area contributed by atoms with E-state index in [-0.39, 0.29) is 23.8 Å². The number of halogens is 2. The van der Waals surface area contributed by atoms with Gasteiger partial charge in [-0.25, -0.2) is 8.42 Å². The van der Waals surface area contributed by atoms with Crippen LogP contribution in [0, 0.1) is 0 Å². The van der Waals surface area contributed by atoms with Crippen molar-refractivity contribution in [2.75, 3.05) is 17.4 Å². The van der Waals surface area contributed by atoms with E-state index >= 15 is 0 Å². The van der Waals surface area contributed by atoms with Crippen LogP contribution >= 0.6 is 31.9 Å². The van der Waals surface area contributed by atoms with Crippen molar-refractivity contribution in [1.82, 2.24) is 10.2 Å². The number of nitrogens with one attached hydrogen (secondary N) is 1. The summed E-state index contributed by atoms with van der Waals surface area (Å²) in [5.74, 6) is -0.786. The van der Waals surface area contributed by atoms with Gasteiger partial charge in [0.2, 0.25) is 11.8 Å². The van der Waals surface area contributed by atoms with E-state index < -0.39 is 28.5 Å². The highest BCUT2D eigenvalue weighted by Crippen LogP contribution is 2.26. The zero-order valence-electron chi connectivity index (χ0n) is 24.4. The fourth-order valence-corrected chi connectivity index (χ4v) is 6.89. The van der Waals surface area contributed by atoms with Crippen molar-refractivity contribution in [3.63, 3.8) is 0 Å². The summed E-state index contributed by atoms with van der Waals surface area (Å²) in [5, 5.41) is 3.00. The normalized spacial score (nSPS) is 11.9.